The summed E-state index contributed by atoms with van der Waals surface area (Å²) in [5.74, 6) is 0.858. The predicted molar refractivity (Wildman–Crippen MR) is 53.9 cm³/mol. The third-order valence-corrected chi connectivity index (χ3v) is 3.63. The minimum atomic E-state index is -0.0761. The highest BCUT2D eigenvalue weighted by atomic mass is 16.5. The van der Waals surface area contributed by atoms with Crippen molar-refractivity contribution in [1.29, 1.82) is 0 Å². The van der Waals surface area contributed by atoms with Gasteiger partial charge in [-0.2, -0.15) is 0 Å². The van der Waals surface area contributed by atoms with Crippen LogP contribution >= 0.6 is 0 Å². The minimum absolute atomic E-state index is 0.0272. The van der Waals surface area contributed by atoms with Crippen LogP contribution in [0.3, 0.4) is 0 Å². The van der Waals surface area contributed by atoms with Gasteiger partial charge in [0, 0.05) is 19.1 Å². The number of methoxy groups -OCH3 is 1. The lowest BCUT2D eigenvalue weighted by Gasteiger charge is -2.28. The Hall–Kier alpha value is -0.570. The smallest absolute Gasteiger partial charge is 0.309 e. The first-order chi connectivity index (χ1) is 6.70. The monoisotopic (exact) mass is 197 g/mol. The zero-order chi connectivity index (χ0) is 10.1. The van der Waals surface area contributed by atoms with Crippen LogP contribution < -0.4 is 0 Å². The molecule has 0 unspecified atom stereocenters. The molecular formula is C11H19NO2. The molecule has 80 valence electrons. The summed E-state index contributed by atoms with van der Waals surface area (Å²) in [6, 6.07) is 0.757. The maximum absolute atomic E-state index is 11.3. The zero-order valence-corrected chi connectivity index (χ0v) is 9.03. The van der Waals surface area contributed by atoms with Crippen LogP contribution in [0, 0.1) is 11.8 Å². The second kappa shape index (κ2) is 3.89. The molecule has 1 saturated heterocycles. The van der Waals surface area contributed by atoms with Crippen molar-refractivity contribution in [3.63, 3.8) is 0 Å². The van der Waals surface area contributed by atoms with Gasteiger partial charge in [0.1, 0.15) is 0 Å². The van der Waals surface area contributed by atoms with Gasteiger partial charge in [-0.3, -0.25) is 9.69 Å². The molecule has 0 aromatic heterocycles. The van der Waals surface area contributed by atoms with Crippen molar-refractivity contribution in [2.45, 2.75) is 32.2 Å². The highest BCUT2D eigenvalue weighted by Gasteiger charge is 2.38. The Morgan fingerprint density at radius 1 is 1.57 bits per heavy atom. The molecule has 1 aliphatic heterocycles. The van der Waals surface area contributed by atoms with Crippen molar-refractivity contribution < 1.29 is 9.53 Å². The van der Waals surface area contributed by atoms with Crippen LogP contribution in [0.15, 0.2) is 0 Å². The van der Waals surface area contributed by atoms with Crippen molar-refractivity contribution in [2.75, 3.05) is 20.2 Å². The number of hydrogen-bond donors (Lipinski definition) is 0. The molecule has 0 spiro atoms. The number of piperidine rings is 1. The van der Waals surface area contributed by atoms with Gasteiger partial charge in [-0.1, -0.05) is 6.92 Å². The summed E-state index contributed by atoms with van der Waals surface area (Å²) >= 11 is 0. The number of esters is 1. The van der Waals surface area contributed by atoms with E-state index in [1.54, 1.807) is 0 Å². The molecule has 0 amide bonds. The fourth-order valence-electron chi connectivity index (χ4n) is 2.88. The number of nitrogens with zero attached hydrogens (tertiary/aromatic N) is 1. The minimum Gasteiger partial charge on any atom is -0.469 e. The number of fused-ring (bicyclic) bond motifs is 2. The van der Waals surface area contributed by atoms with Gasteiger partial charge in [-0.15, -0.1) is 0 Å². The Kier molecular flexibility index (Phi) is 2.77. The van der Waals surface area contributed by atoms with Gasteiger partial charge in [0.25, 0.3) is 0 Å². The Morgan fingerprint density at radius 3 is 2.86 bits per heavy atom. The SMILES string of the molecule is COC(=O)[C@@H](C)CN1C[C@H]2CC[C@@H]1C2. The van der Waals surface area contributed by atoms with Crippen LogP contribution in [-0.2, 0) is 9.53 Å². The molecule has 3 atom stereocenters. The van der Waals surface area contributed by atoms with E-state index >= 15 is 0 Å². The quantitative estimate of drug-likeness (QED) is 0.638. The molecular weight excluding hydrogens is 178 g/mol. The normalized spacial score (nSPS) is 33.3. The summed E-state index contributed by atoms with van der Waals surface area (Å²) in [5.41, 5.74) is 0. The van der Waals surface area contributed by atoms with Crippen LogP contribution in [0.1, 0.15) is 26.2 Å². The average molecular weight is 197 g/mol. The Bertz CT molecular complexity index is 229. The van der Waals surface area contributed by atoms with Crippen LogP contribution in [-0.4, -0.2) is 37.1 Å². The van der Waals surface area contributed by atoms with Crippen molar-refractivity contribution in [3.05, 3.63) is 0 Å². The molecule has 1 aliphatic carbocycles. The Labute approximate surface area is 85.4 Å². The van der Waals surface area contributed by atoms with Crippen molar-refractivity contribution >= 4 is 5.97 Å². The van der Waals surface area contributed by atoms with Gasteiger partial charge in [0.15, 0.2) is 0 Å². The van der Waals surface area contributed by atoms with Gasteiger partial charge >= 0.3 is 5.97 Å². The molecule has 2 rings (SSSR count). The molecule has 2 bridgehead atoms. The molecule has 0 aromatic carbocycles. The summed E-state index contributed by atoms with van der Waals surface area (Å²) in [6.45, 7) is 4.04. The summed E-state index contributed by atoms with van der Waals surface area (Å²) in [7, 11) is 1.47. The second-order valence-corrected chi connectivity index (χ2v) is 4.71. The molecule has 0 N–H and O–H groups in total. The molecule has 2 aliphatic rings. The van der Waals surface area contributed by atoms with E-state index in [4.69, 9.17) is 4.74 Å². The molecule has 3 nitrogen and oxygen atoms in total. The van der Waals surface area contributed by atoms with Gasteiger partial charge < -0.3 is 4.74 Å². The lowest BCUT2D eigenvalue weighted by Crippen LogP contribution is -2.37. The van der Waals surface area contributed by atoms with Crippen molar-refractivity contribution in [3.8, 4) is 0 Å². The van der Waals surface area contributed by atoms with Gasteiger partial charge in [-0.25, -0.2) is 0 Å². The lowest BCUT2D eigenvalue weighted by atomic mass is 10.1. The first kappa shape index (κ1) is 9.97. The van der Waals surface area contributed by atoms with Gasteiger partial charge in [0.05, 0.1) is 13.0 Å². The maximum Gasteiger partial charge on any atom is 0.309 e. The van der Waals surface area contributed by atoms with Gasteiger partial charge in [-0.05, 0) is 25.2 Å². The number of carbonyl (C=O) groups is 1. The standard InChI is InChI=1S/C11H19NO2/c1-8(11(13)14-2)6-12-7-9-3-4-10(12)5-9/h8-10H,3-7H2,1-2H3/t8-,9-,10+/m0/s1. The number of hydrogen-bond acceptors (Lipinski definition) is 3. The third kappa shape index (κ3) is 1.78. The van der Waals surface area contributed by atoms with Crippen LogP contribution in [0.5, 0.6) is 0 Å². The van der Waals surface area contributed by atoms with Crippen molar-refractivity contribution in [1.82, 2.24) is 4.90 Å². The molecule has 3 heteroatoms. The predicted octanol–water partition coefficient (Wildman–Crippen LogP) is 1.28. The highest BCUT2D eigenvalue weighted by Crippen LogP contribution is 2.37. The largest absolute Gasteiger partial charge is 0.469 e. The van der Waals surface area contributed by atoms with Crippen LogP contribution in [0.4, 0.5) is 0 Å². The van der Waals surface area contributed by atoms with E-state index < -0.39 is 0 Å². The summed E-state index contributed by atoms with van der Waals surface area (Å²) < 4.78 is 4.74. The zero-order valence-electron chi connectivity index (χ0n) is 9.03. The average Bonchev–Trinajstić information content (AvgIpc) is 2.77. The van der Waals surface area contributed by atoms with Gasteiger partial charge in [0.2, 0.25) is 0 Å². The van der Waals surface area contributed by atoms with E-state index in [0.29, 0.717) is 0 Å². The number of carbonyl (C=O) groups excluding carboxylic acids is 1. The van der Waals surface area contributed by atoms with Crippen LogP contribution in [0.2, 0.25) is 0 Å². The van der Waals surface area contributed by atoms with E-state index in [0.717, 1.165) is 18.5 Å². The van der Waals surface area contributed by atoms with E-state index in [9.17, 15) is 4.79 Å². The van der Waals surface area contributed by atoms with Crippen molar-refractivity contribution in [2.24, 2.45) is 11.8 Å². The van der Waals surface area contributed by atoms with Crippen LogP contribution in [0.25, 0.3) is 0 Å². The molecule has 1 saturated carbocycles. The molecule has 0 radical (unpaired) electrons. The summed E-state index contributed by atoms with van der Waals surface area (Å²) in [4.78, 5) is 13.7. The first-order valence-corrected chi connectivity index (χ1v) is 5.52. The maximum atomic E-state index is 11.3. The number of ether oxygens (including phenoxy) is 1. The van der Waals surface area contributed by atoms with E-state index in [-0.39, 0.29) is 11.9 Å². The molecule has 1 heterocycles. The topological polar surface area (TPSA) is 29.5 Å². The number of likely N-dealkylation sites (tertiary alicyclic amines) is 1. The third-order valence-electron chi connectivity index (χ3n) is 3.63. The van der Waals surface area contributed by atoms with E-state index in [2.05, 4.69) is 4.90 Å². The second-order valence-electron chi connectivity index (χ2n) is 4.71. The molecule has 14 heavy (non-hydrogen) atoms. The first-order valence-electron chi connectivity index (χ1n) is 5.52. The lowest BCUT2D eigenvalue weighted by molar-refractivity contribution is -0.145. The highest BCUT2D eigenvalue weighted by molar-refractivity contribution is 5.72. The summed E-state index contributed by atoms with van der Waals surface area (Å²) in [6.07, 6.45) is 4.08. The summed E-state index contributed by atoms with van der Waals surface area (Å²) in [5, 5.41) is 0. The fraction of sp³-hybridized carbons (Fsp3) is 0.909. The fourth-order valence-corrected chi connectivity index (χ4v) is 2.88. The molecule has 2 fully saturated rings. The van der Waals surface area contributed by atoms with E-state index in [1.807, 2.05) is 6.92 Å². The number of rotatable bonds is 3. The molecule has 0 aromatic rings. The van der Waals surface area contributed by atoms with E-state index in [1.165, 1.54) is 32.9 Å². The Balaban J connectivity index is 1.83. The Morgan fingerprint density at radius 2 is 2.36 bits per heavy atom.